The molecule has 1 N–H and O–H groups in total. The number of hydrogen-bond donors (Lipinski definition) is 1. The molecule has 0 spiro atoms. The summed E-state index contributed by atoms with van der Waals surface area (Å²) in [6.45, 7) is 1.37. The predicted molar refractivity (Wildman–Crippen MR) is 89.6 cm³/mol. The molecule has 2 rings (SSSR count). The molecule has 0 unspecified atom stereocenters. The second-order valence-corrected chi connectivity index (χ2v) is 5.37. The molecule has 1 atom stereocenters. The first-order valence-corrected chi connectivity index (χ1v) is 7.86. The summed E-state index contributed by atoms with van der Waals surface area (Å²) in [7, 11) is 0. The maximum Gasteiger partial charge on any atom is 0.147 e. The molecule has 2 aromatic carbocycles. The van der Waals surface area contributed by atoms with E-state index in [9.17, 15) is 0 Å². The Hall–Kier alpha value is -1.39. The minimum Gasteiger partial charge on any atom is -0.354 e. The summed E-state index contributed by atoms with van der Waals surface area (Å²) >= 11 is 5.77. The van der Waals surface area contributed by atoms with E-state index in [1.165, 1.54) is 5.56 Å². The van der Waals surface area contributed by atoms with Gasteiger partial charge in [0, 0.05) is 6.04 Å². The fraction of sp³-hybridized carbons (Fsp3) is 0.333. The van der Waals surface area contributed by atoms with E-state index >= 15 is 0 Å². The topological polar surface area (TPSA) is 30.5 Å². The Balaban J connectivity index is 1.58. The molecule has 22 heavy (non-hydrogen) atoms. The van der Waals surface area contributed by atoms with Crippen LogP contribution in [0.25, 0.3) is 0 Å². The highest BCUT2D eigenvalue weighted by molar-refractivity contribution is 6.13. The van der Waals surface area contributed by atoms with Crippen molar-refractivity contribution in [3.8, 4) is 0 Å². The number of rotatable bonds is 10. The second-order valence-electron chi connectivity index (χ2n) is 5.15. The Bertz CT molecular complexity index is 507. The van der Waals surface area contributed by atoms with E-state index in [4.69, 9.17) is 21.3 Å². The molecule has 0 heterocycles. The third-order valence-corrected chi connectivity index (χ3v) is 3.68. The van der Waals surface area contributed by atoms with Crippen molar-refractivity contribution < 1.29 is 9.47 Å². The fourth-order valence-electron chi connectivity index (χ4n) is 2.14. The maximum absolute atomic E-state index is 5.77. The van der Waals surface area contributed by atoms with Gasteiger partial charge in [-0.1, -0.05) is 60.7 Å². The van der Waals surface area contributed by atoms with Crippen LogP contribution in [0.15, 0.2) is 60.7 Å². The number of ether oxygens (including phenoxy) is 2. The van der Waals surface area contributed by atoms with E-state index in [0.717, 1.165) is 18.4 Å². The molecule has 0 saturated carbocycles. The Labute approximate surface area is 137 Å². The van der Waals surface area contributed by atoms with Crippen molar-refractivity contribution in [2.24, 2.45) is 0 Å². The van der Waals surface area contributed by atoms with Gasteiger partial charge in [-0.25, -0.2) is 4.84 Å². The standard InChI is InChI=1S/C18H22ClNO2/c19-20-18(12-11-16-7-3-1-4-8-16)14-22-15-21-13-17-9-5-2-6-10-17/h1-10,18,20H,11-15H2/t18-/m1/s1. The molecule has 0 aromatic heterocycles. The second kappa shape index (κ2) is 10.4. The van der Waals surface area contributed by atoms with Crippen LogP contribution in [0.3, 0.4) is 0 Å². The van der Waals surface area contributed by atoms with E-state index in [2.05, 4.69) is 17.0 Å². The summed E-state index contributed by atoms with van der Waals surface area (Å²) in [5.41, 5.74) is 2.45. The van der Waals surface area contributed by atoms with Crippen molar-refractivity contribution in [3.05, 3.63) is 71.8 Å². The Kier molecular flexibility index (Phi) is 7.99. The predicted octanol–water partition coefficient (Wildman–Crippen LogP) is 3.92. The van der Waals surface area contributed by atoms with Crippen LogP contribution in [-0.4, -0.2) is 19.4 Å². The Morgan fingerprint density at radius 3 is 2.14 bits per heavy atom. The normalized spacial score (nSPS) is 12.2. The zero-order chi connectivity index (χ0) is 15.5. The van der Waals surface area contributed by atoms with Crippen LogP contribution < -0.4 is 4.84 Å². The average Bonchev–Trinajstić information content (AvgIpc) is 2.59. The molecule has 3 nitrogen and oxygen atoms in total. The van der Waals surface area contributed by atoms with Crippen molar-refractivity contribution in [3.63, 3.8) is 0 Å². The lowest BCUT2D eigenvalue weighted by atomic mass is 10.1. The number of nitrogens with one attached hydrogen (secondary N) is 1. The summed E-state index contributed by atoms with van der Waals surface area (Å²) < 4.78 is 11.0. The lowest BCUT2D eigenvalue weighted by molar-refractivity contribution is -0.0663. The van der Waals surface area contributed by atoms with Gasteiger partial charge in [0.15, 0.2) is 0 Å². The van der Waals surface area contributed by atoms with E-state index in [1.54, 1.807) is 0 Å². The van der Waals surface area contributed by atoms with Gasteiger partial charge in [-0.05, 0) is 35.7 Å². The molecule has 0 fully saturated rings. The third-order valence-electron chi connectivity index (χ3n) is 3.38. The van der Waals surface area contributed by atoms with Gasteiger partial charge in [0.25, 0.3) is 0 Å². The van der Waals surface area contributed by atoms with Crippen molar-refractivity contribution in [1.82, 2.24) is 4.84 Å². The SMILES string of the molecule is ClN[C@H](CCc1ccccc1)COCOCc1ccccc1. The highest BCUT2D eigenvalue weighted by atomic mass is 35.5. The number of hydrogen-bond acceptors (Lipinski definition) is 3. The van der Waals surface area contributed by atoms with Crippen LogP contribution in [-0.2, 0) is 22.5 Å². The molecule has 0 aliphatic heterocycles. The summed E-state index contributed by atoms with van der Waals surface area (Å²) in [4.78, 5) is 2.77. The molecule has 0 amide bonds. The highest BCUT2D eigenvalue weighted by Crippen LogP contribution is 2.06. The molecule has 0 saturated heterocycles. The van der Waals surface area contributed by atoms with Crippen LogP contribution in [0.4, 0.5) is 0 Å². The Morgan fingerprint density at radius 1 is 0.864 bits per heavy atom. The lowest BCUT2D eigenvalue weighted by Crippen LogP contribution is -2.27. The van der Waals surface area contributed by atoms with Gasteiger partial charge in [0.1, 0.15) is 6.79 Å². The fourth-order valence-corrected chi connectivity index (χ4v) is 2.31. The van der Waals surface area contributed by atoms with E-state index in [-0.39, 0.29) is 12.8 Å². The minimum atomic E-state index is 0.113. The van der Waals surface area contributed by atoms with Crippen LogP contribution in [0, 0.1) is 0 Å². The summed E-state index contributed by atoms with van der Waals surface area (Å²) in [6.07, 6.45) is 1.89. The monoisotopic (exact) mass is 319 g/mol. The zero-order valence-corrected chi connectivity index (χ0v) is 13.3. The molecule has 0 radical (unpaired) electrons. The first-order valence-electron chi connectivity index (χ1n) is 7.48. The van der Waals surface area contributed by atoms with Crippen LogP contribution in [0.5, 0.6) is 0 Å². The van der Waals surface area contributed by atoms with Crippen molar-refractivity contribution >= 4 is 11.8 Å². The van der Waals surface area contributed by atoms with Crippen molar-refractivity contribution in [1.29, 1.82) is 0 Å². The molecule has 0 aliphatic carbocycles. The van der Waals surface area contributed by atoms with E-state index < -0.39 is 0 Å². The van der Waals surface area contributed by atoms with E-state index in [1.807, 2.05) is 48.5 Å². The zero-order valence-electron chi connectivity index (χ0n) is 12.6. The maximum atomic E-state index is 5.77. The molecule has 118 valence electrons. The van der Waals surface area contributed by atoms with Crippen LogP contribution in [0.1, 0.15) is 17.5 Å². The third kappa shape index (κ3) is 6.58. The van der Waals surface area contributed by atoms with Crippen LogP contribution >= 0.6 is 11.8 Å². The first-order chi connectivity index (χ1) is 10.9. The number of benzene rings is 2. The van der Waals surface area contributed by atoms with Gasteiger partial charge in [-0.3, -0.25) is 0 Å². The first kappa shape index (κ1) is 17.0. The summed E-state index contributed by atoms with van der Waals surface area (Å²) in [5, 5.41) is 0. The van der Waals surface area contributed by atoms with Gasteiger partial charge in [-0.2, -0.15) is 0 Å². The Morgan fingerprint density at radius 2 is 1.50 bits per heavy atom. The van der Waals surface area contributed by atoms with Gasteiger partial charge >= 0.3 is 0 Å². The van der Waals surface area contributed by atoms with Crippen molar-refractivity contribution in [2.75, 3.05) is 13.4 Å². The molecule has 2 aromatic rings. The average molecular weight is 320 g/mol. The molecule has 0 bridgehead atoms. The van der Waals surface area contributed by atoms with Crippen LogP contribution in [0.2, 0.25) is 0 Å². The molecule has 4 heteroatoms. The summed E-state index contributed by atoms with van der Waals surface area (Å²) in [6, 6.07) is 20.5. The smallest absolute Gasteiger partial charge is 0.147 e. The van der Waals surface area contributed by atoms with Gasteiger partial charge in [0.2, 0.25) is 0 Å². The molecular formula is C18H22ClNO2. The summed E-state index contributed by atoms with van der Waals surface area (Å²) in [5.74, 6) is 0. The molecular weight excluding hydrogens is 298 g/mol. The quantitative estimate of drug-likeness (QED) is 0.409. The number of halogens is 1. The van der Waals surface area contributed by atoms with Gasteiger partial charge in [0.05, 0.1) is 13.2 Å². The van der Waals surface area contributed by atoms with E-state index in [0.29, 0.717) is 13.2 Å². The molecule has 0 aliphatic rings. The van der Waals surface area contributed by atoms with Crippen molar-refractivity contribution in [2.45, 2.75) is 25.5 Å². The largest absolute Gasteiger partial charge is 0.354 e. The minimum absolute atomic E-state index is 0.113. The lowest BCUT2D eigenvalue weighted by Gasteiger charge is -2.15. The number of aryl methyl sites for hydroxylation is 1. The van der Waals surface area contributed by atoms with Gasteiger partial charge < -0.3 is 9.47 Å². The highest BCUT2D eigenvalue weighted by Gasteiger charge is 2.07. The van der Waals surface area contributed by atoms with Gasteiger partial charge in [-0.15, -0.1) is 0 Å².